The highest BCUT2D eigenvalue weighted by atomic mass is 35.5. The van der Waals surface area contributed by atoms with E-state index in [9.17, 15) is 9.59 Å². The minimum absolute atomic E-state index is 0. The first-order chi connectivity index (χ1) is 11.5. The summed E-state index contributed by atoms with van der Waals surface area (Å²) in [7, 11) is 0. The normalized spacial score (nSPS) is 11.1. The van der Waals surface area contributed by atoms with Crippen molar-refractivity contribution < 1.29 is 9.59 Å². The molecule has 0 unspecified atom stereocenters. The van der Waals surface area contributed by atoms with Crippen LogP contribution in [0.2, 0.25) is 0 Å². The van der Waals surface area contributed by atoms with Gasteiger partial charge in [-0.25, -0.2) is 9.67 Å². The Balaban J connectivity index is 0.00000312. The Bertz CT molecular complexity index is 694. The largest absolute Gasteiger partial charge is 0.350 e. The second-order valence-corrected chi connectivity index (χ2v) is 5.74. The van der Waals surface area contributed by atoms with Gasteiger partial charge in [0.1, 0.15) is 0 Å². The molecule has 26 heavy (non-hydrogen) atoms. The van der Waals surface area contributed by atoms with Gasteiger partial charge in [0.25, 0.3) is 0 Å². The number of pyridine rings is 1. The molecule has 2 aromatic heterocycles. The molecule has 8 nitrogen and oxygen atoms in total. The molecule has 2 amide bonds. The van der Waals surface area contributed by atoms with Gasteiger partial charge in [-0.3, -0.25) is 9.59 Å². The van der Waals surface area contributed by atoms with Crippen molar-refractivity contribution >= 4 is 36.6 Å². The molecule has 0 fully saturated rings. The second kappa shape index (κ2) is 11.5. The second-order valence-electron chi connectivity index (χ2n) is 5.74. The highest BCUT2D eigenvalue weighted by molar-refractivity contribution is 5.87. The summed E-state index contributed by atoms with van der Waals surface area (Å²) in [6, 6.07) is 4.83. The number of hydrogen-bond acceptors (Lipinski definition) is 5. The van der Waals surface area contributed by atoms with Crippen LogP contribution in [-0.4, -0.2) is 39.2 Å². The summed E-state index contributed by atoms with van der Waals surface area (Å²) in [5.74, 6) is 0.0790. The van der Waals surface area contributed by atoms with Crippen LogP contribution in [-0.2, 0) is 16.1 Å². The lowest BCUT2D eigenvalue weighted by atomic mass is 10.1. The Morgan fingerprint density at radius 1 is 1.23 bits per heavy atom. The van der Waals surface area contributed by atoms with Gasteiger partial charge in [0.05, 0.1) is 12.6 Å². The number of halogens is 2. The van der Waals surface area contributed by atoms with Crippen LogP contribution in [0.15, 0.2) is 36.8 Å². The Labute approximate surface area is 164 Å². The molecule has 0 aromatic carbocycles. The highest BCUT2D eigenvalue weighted by Gasteiger charge is 2.17. The Kier molecular flexibility index (Phi) is 10.5. The minimum Gasteiger partial charge on any atom is -0.350 e. The summed E-state index contributed by atoms with van der Waals surface area (Å²) in [6.07, 6.45) is 5.11. The Morgan fingerprint density at radius 2 is 1.96 bits per heavy atom. The zero-order valence-electron chi connectivity index (χ0n) is 14.6. The maximum atomic E-state index is 11.8. The first-order valence-electron chi connectivity index (χ1n) is 7.72. The molecule has 144 valence electrons. The maximum Gasteiger partial charge on any atom is 0.239 e. The van der Waals surface area contributed by atoms with Crippen LogP contribution in [0.5, 0.6) is 0 Å². The summed E-state index contributed by atoms with van der Waals surface area (Å²) < 4.78 is 1.64. The van der Waals surface area contributed by atoms with E-state index in [-0.39, 0.29) is 49.1 Å². The van der Waals surface area contributed by atoms with Gasteiger partial charge in [0.15, 0.2) is 5.82 Å². The fraction of sp³-hybridized carbons (Fsp3) is 0.375. The summed E-state index contributed by atoms with van der Waals surface area (Å²) in [4.78, 5) is 27.8. The first-order valence-corrected chi connectivity index (χ1v) is 7.72. The average Bonchev–Trinajstić information content (AvgIpc) is 3.12. The van der Waals surface area contributed by atoms with E-state index in [0.29, 0.717) is 12.4 Å². The molecular formula is C16H24Cl2N6O2. The van der Waals surface area contributed by atoms with Crippen LogP contribution in [0, 0.1) is 5.92 Å². The van der Waals surface area contributed by atoms with Crippen LogP contribution in [0.3, 0.4) is 0 Å². The van der Waals surface area contributed by atoms with Crippen LogP contribution in [0.1, 0.15) is 19.4 Å². The van der Waals surface area contributed by atoms with Gasteiger partial charge in [-0.2, -0.15) is 5.10 Å². The number of nitrogens with two attached hydrogens (primary N) is 1. The van der Waals surface area contributed by atoms with Crippen molar-refractivity contribution in [2.45, 2.75) is 26.4 Å². The number of hydrogen-bond donors (Lipinski definition) is 3. The van der Waals surface area contributed by atoms with E-state index in [0.717, 1.165) is 5.56 Å². The molecule has 0 spiro atoms. The van der Waals surface area contributed by atoms with Crippen LogP contribution in [0.25, 0.3) is 5.82 Å². The van der Waals surface area contributed by atoms with Crippen molar-refractivity contribution in [2.75, 3.05) is 6.54 Å². The van der Waals surface area contributed by atoms with E-state index in [1.54, 1.807) is 35.4 Å². The third-order valence-corrected chi connectivity index (χ3v) is 3.48. The first kappa shape index (κ1) is 23.8. The predicted octanol–water partition coefficient (Wildman–Crippen LogP) is 0.827. The monoisotopic (exact) mass is 402 g/mol. The molecule has 2 aromatic rings. The summed E-state index contributed by atoms with van der Waals surface area (Å²) in [6.45, 7) is 3.94. The van der Waals surface area contributed by atoms with Crippen molar-refractivity contribution in [2.24, 2.45) is 11.7 Å². The van der Waals surface area contributed by atoms with Crippen molar-refractivity contribution in [3.05, 3.63) is 42.4 Å². The van der Waals surface area contributed by atoms with Crippen LogP contribution in [0.4, 0.5) is 0 Å². The third kappa shape index (κ3) is 6.99. The number of nitrogens with zero attached hydrogens (tertiary/aromatic N) is 3. The minimum atomic E-state index is -0.616. The molecule has 0 aliphatic carbocycles. The Hall–Kier alpha value is -2.16. The molecule has 0 saturated carbocycles. The molecule has 0 aliphatic heterocycles. The van der Waals surface area contributed by atoms with E-state index < -0.39 is 6.04 Å². The highest BCUT2D eigenvalue weighted by Crippen LogP contribution is 2.05. The molecule has 4 N–H and O–H groups in total. The standard InChI is InChI=1S/C16H22N6O2.2ClH/c1-11(2)15(17)16(24)20-10-14(23)19-9-12-4-6-18-13(8-12)22-7-3-5-21-22;;/h3-8,11,15H,9-10,17H2,1-2H3,(H,19,23)(H,20,24);2*1H/t15-;;/m0../s1. The molecule has 2 heterocycles. The zero-order chi connectivity index (χ0) is 17.5. The van der Waals surface area contributed by atoms with Crippen molar-refractivity contribution in [1.82, 2.24) is 25.4 Å². The molecule has 1 atom stereocenters. The van der Waals surface area contributed by atoms with Gasteiger partial charge in [0, 0.05) is 25.1 Å². The summed E-state index contributed by atoms with van der Waals surface area (Å²) >= 11 is 0. The molecule has 0 saturated heterocycles. The van der Waals surface area contributed by atoms with E-state index >= 15 is 0 Å². The predicted molar refractivity (Wildman–Crippen MR) is 104 cm³/mol. The smallest absolute Gasteiger partial charge is 0.239 e. The number of aromatic nitrogens is 3. The van der Waals surface area contributed by atoms with Crippen molar-refractivity contribution in [3.63, 3.8) is 0 Å². The summed E-state index contributed by atoms with van der Waals surface area (Å²) in [5.41, 5.74) is 6.60. The summed E-state index contributed by atoms with van der Waals surface area (Å²) in [5, 5.41) is 9.38. The lowest BCUT2D eigenvalue weighted by molar-refractivity contribution is -0.127. The van der Waals surface area contributed by atoms with Crippen molar-refractivity contribution in [1.29, 1.82) is 0 Å². The number of rotatable bonds is 7. The molecule has 0 aliphatic rings. The van der Waals surface area contributed by atoms with Gasteiger partial charge >= 0.3 is 0 Å². The molecular weight excluding hydrogens is 379 g/mol. The average molecular weight is 403 g/mol. The molecule has 2 rings (SSSR count). The van der Waals surface area contributed by atoms with E-state index in [1.807, 2.05) is 19.9 Å². The van der Waals surface area contributed by atoms with Gasteiger partial charge in [-0.15, -0.1) is 24.8 Å². The van der Waals surface area contributed by atoms with Gasteiger partial charge < -0.3 is 16.4 Å². The molecule has 10 heteroatoms. The number of amides is 2. The van der Waals surface area contributed by atoms with Crippen LogP contribution >= 0.6 is 24.8 Å². The maximum absolute atomic E-state index is 11.8. The number of carbonyl (C=O) groups excluding carboxylic acids is 2. The quantitative estimate of drug-likeness (QED) is 0.634. The van der Waals surface area contributed by atoms with E-state index in [2.05, 4.69) is 20.7 Å². The fourth-order valence-corrected chi connectivity index (χ4v) is 1.95. The fourth-order valence-electron chi connectivity index (χ4n) is 1.95. The van der Waals surface area contributed by atoms with E-state index in [4.69, 9.17) is 5.73 Å². The third-order valence-electron chi connectivity index (χ3n) is 3.48. The van der Waals surface area contributed by atoms with Crippen LogP contribution < -0.4 is 16.4 Å². The van der Waals surface area contributed by atoms with Gasteiger partial charge in [-0.05, 0) is 29.7 Å². The lowest BCUT2D eigenvalue weighted by Crippen LogP contribution is -2.47. The molecule has 0 bridgehead atoms. The lowest BCUT2D eigenvalue weighted by Gasteiger charge is -2.15. The topological polar surface area (TPSA) is 115 Å². The van der Waals surface area contributed by atoms with E-state index in [1.165, 1.54) is 0 Å². The number of carbonyl (C=O) groups is 2. The van der Waals surface area contributed by atoms with Gasteiger partial charge in [0.2, 0.25) is 11.8 Å². The Morgan fingerprint density at radius 3 is 2.58 bits per heavy atom. The zero-order valence-corrected chi connectivity index (χ0v) is 16.2. The molecule has 0 radical (unpaired) electrons. The van der Waals surface area contributed by atoms with Gasteiger partial charge in [-0.1, -0.05) is 13.8 Å². The number of nitrogens with one attached hydrogen (secondary N) is 2. The SMILES string of the molecule is CC(C)[C@H](N)C(=O)NCC(=O)NCc1ccnc(-n2cccn2)c1.Cl.Cl. The van der Waals surface area contributed by atoms with Crippen molar-refractivity contribution in [3.8, 4) is 5.82 Å².